The molecule has 0 amide bonds. The molecule has 1 aromatic heterocycles. The van der Waals surface area contributed by atoms with E-state index >= 15 is 0 Å². The predicted molar refractivity (Wildman–Crippen MR) is 62.1 cm³/mol. The van der Waals surface area contributed by atoms with Gasteiger partial charge in [-0.3, -0.25) is 4.79 Å². The van der Waals surface area contributed by atoms with Crippen LogP contribution in [0.4, 0.5) is 0 Å². The van der Waals surface area contributed by atoms with Crippen LogP contribution in [0.15, 0.2) is 35.3 Å². The second-order valence-corrected chi connectivity index (χ2v) is 3.27. The Kier molecular flexibility index (Phi) is 2.84. The van der Waals surface area contributed by atoms with Crippen LogP contribution in [0, 0.1) is 11.8 Å². The standard InChI is InChI=1S/C13H9NO2/c15-8-2-1-3-10-4-5-12-11(9-10)13(16)6-7-14-12/h4-9H,2H2,(H,14,16). The van der Waals surface area contributed by atoms with Gasteiger partial charge in [-0.15, -0.1) is 0 Å². The topological polar surface area (TPSA) is 49.9 Å². The van der Waals surface area contributed by atoms with Crippen LogP contribution in [0.25, 0.3) is 10.9 Å². The van der Waals surface area contributed by atoms with E-state index in [9.17, 15) is 9.59 Å². The summed E-state index contributed by atoms with van der Waals surface area (Å²) in [6.45, 7) is 0. The first kappa shape index (κ1) is 10.2. The molecule has 0 bridgehead atoms. The van der Waals surface area contributed by atoms with E-state index in [2.05, 4.69) is 16.8 Å². The maximum atomic E-state index is 11.5. The maximum absolute atomic E-state index is 11.5. The van der Waals surface area contributed by atoms with Crippen molar-refractivity contribution in [2.75, 3.05) is 0 Å². The number of aldehydes is 1. The Morgan fingerprint density at radius 2 is 2.19 bits per heavy atom. The van der Waals surface area contributed by atoms with Crippen LogP contribution in [-0.2, 0) is 4.79 Å². The first-order valence-corrected chi connectivity index (χ1v) is 4.85. The minimum Gasteiger partial charge on any atom is -0.361 e. The minimum absolute atomic E-state index is 0.0345. The summed E-state index contributed by atoms with van der Waals surface area (Å²) in [5.74, 6) is 5.54. The molecule has 0 saturated carbocycles. The number of nitrogens with one attached hydrogen (secondary N) is 1. The summed E-state index contributed by atoms with van der Waals surface area (Å²) in [5, 5.41) is 0.611. The smallest absolute Gasteiger partial charge is 0.189 e. The largest absolute Gasteiger partial charge is 0.361 e. The Hall–Kier alpha value is -2.34. The van der Waals surface area contributed by atoms with Gasteiger partial charge in [0, 0.05) is 28.7 Å². The van der Waals surface area contributed by atoms with Gasteiger partial charge in [0.2, 0.25) is 0 Å². The molecular weight excluding hydrogens is 202 g/mol. The molecule has 0 unspecified atom stereocenters. The van der Waals surface area contributed by atoms with Gasteiger partial charge in [0.05, 0.1) is 6.42 Å². The third kappa shape index (κ3) is 2.01. The highest BCUT2D eigenvalue weighted by molar-refractivity contribution is 5.79. The average Bonchev–Trinajstić information content (AvgIpc) is 2.30. The molecule has 0 atom stereocenters. The van der Waals surface area contributed by atoms with Gasteiger partial charge in [0.1, 0.15) is 6.29 Å². The Morgan fingerprint density at radius 1 is 1.31 bits per heavy atom. The molecule has 0 fully saturated rings. The Bertz CT molecular complexity index is 644. The van der Waals surface area contributed by atoms with Crippen molar-refractivity contribution in [3.05, 3.63) is 46.2 Å². The number of hydrogen-bond acceptors (Lipinski definition) is 2. The molecule has 3 nitrogen and oxygen atoms in total. The SMILES string of the molecule is O=CCC#Cc1ccc2[nH]ccc(=O)c2c1. The van der Waals surface area contributed by atoms with Gasteiger partial charge in [0.25, 0.3) is 0 Å². The molecule has 2 rings (SSSR count). The van der Waals surface area contributed by atoms with E-state index in [1.54, 1.807) is 12.3 Å². The molecular formula is C13H9NO2. The number of hydrogen-bond donors (Lipinski definition) is 1. The zero-order chi connectivity index (χ0) is 11.4. The monoisotopic (exact) mass is 211 g/mol. The summed E-state index contributed by atoms with van der Waals surface area (Å²) in [4.78, 5) is 24.6. The normalized spacial score (nSPS) is 9.50. The highest BCUT2D eigenvalue weighted by atomic mass is 16.1. The van der Waals surface area contributed by atoms with Gasteiger partial charge in [-0.1, -0.05) is 11.8 Å². The lowest BCUT2D eigenvalue weighted by Gasteiger charge is -1.96. The van der Waals surface area contributed by atoms with Crippen molar-refractivity contribution in [3.63, 3.8) is 0 Å². The number of aromatic nitrogens is 1. The van der Waals surface area contributed by atoms with Crippen molar-refractivity contribution in [2.24, 2.45) is 0 Å². The number of pyridine rings is 1. The maximum Gasteiger partial charge on any atom is 0.189 e. The summed E-state index contributed by atoms with van der Waals surface area (Å²) in [7, 11) is 0. The molecule has 0 spiro atoms. The summed E-state index contributed by atoms with van der Waals surface area (Å²) in [6.07, 6.45) is 2.58. The van der Waals surface area contributed by atoms with E-state index < -0.39 is 0 Å². The van der Waals surface area contributed by atoms with Crippen LogP contribution in [0.5, 0.6) is 0 Å². The first-order chi connectivity index (χ1) is 7.81. The minimum atomic E-state index is -0.0345. The molecule has 3 heteroatoms. The number of carbonyl (C=O) groups is 1. The lowest BCUT2D eigenvalue weighted by atomic mass is 10.1. The molecule has 0 aliphatic rings. The molecule has 2 aromatic rings. The molecule has 1 aromatic carbocycles. The molecule has 0 radical (unpaired) electrons. The number of benzene rings is 1. The molecule has 1 N–H and O–H groups in total. The van der Waals surface area contributed by atoms with Crippen molar-refractivity contribution in [3.8, 4) is 11.8 Å². The number of aromatic amines is 1. The van der Waals surface area contributed by atoms with Gasteiger partial charge in [-0.05, 0) is 18.2 Å². The van der Waals surface area contributed by atoms with Crippen LogP contribution >= 0.6 is 0 Å². The zero-order valence-electron chi connectivity index (χ0n) is 8.49. The van der Waals surface area contributed by atoms with Crippen LogP contribution in [0.1, 0.15) is 12.0 Å². The third-order valence-corrected chi connectivity index (χ3v) is 2.18. The van der Waals surface area contributed by atoms with E-state index in [-0.39, 0.29) is 11.8 Å². The van der Waals surface area contributed by atoms with Crippen molar-refractivity contribution < 1.29 is 4.79 Å². The molecule has 0 aliphatic carbocycles. The van der Waals surface area contributed by atoms with Crippen molar-refractivity contribution >= 4 is 17.2 Å². The second-order valence-electron chi connectivity index (χ2n) is 3.27. The molecule has 0 aliphatic heterocycles. The summed E-state index contributed by atoms with van der Waals surface area (Å²) < 4.78 is 0. The first-order valence-electron chi connectivity index (χ1n) is 4.85. The van der Waals surface area contributed by atoms with Crippen molar-refractivity contribution in [2.45, 2.75) is 6.42 Å². The van der Waals surface area contributed by atoms with E-state index in [1.807, 2.05) is 12.1 Å². The van der Waals surface area contributed by atoms with E-state index in [4.69, 9.17) is 0 Å². The lowest BCUT2D eigenvalue weighted by Crippen LogP contribution is -1.99. The zero-order valence-corrected chi connectivity index (χ0v) is 8.49. The highest BCUT2D eigenvalue weighted by Gasteiger charge is 1.97. The van der Waals surface area contributed by atoms with Crippen LogP contribution < -0.4 is 5.43 Å². The number of carbonyl (C=O) groups excluding carboxylic acids is 1. The van der Waals surface area contributed by atoms with Gasteiger partial charge in [-0.25, -0.2) is 0 Å². The molecule has 78 valence electrons. The van der Waals surface area contributed by atoms with Gasteiger partial charge in [0.15, 0.2) is 5.43 Å². The van der Waals surface area contributed by atoms with Crippen molar-refractivity contribution in [1.82, 2.24) is 4.98 Å². The number of fused-ring (bicyclic) bond motifs is 1. The highest BCUT2D eigenvalue weighted by Crippen LogP contribution is 2.08. The second kappa shape index (κ2) is 4.45. The summed E-state index contributed by atoms with van der Waals surface area (Å²) in [5.41, 5.74) is 1.49. The number of H-pyrrole nitrogens is 1. The van der Waals surface area contributed by atoms with Crippen molar-refractivity contribution in [1.29, 1.82) is 0 Å². The molecule has 16 heavy (non-hydrogen) atoms. The van der Waals surface area contributed by atoms with Gasteiger partial charge in [-0.2, -0.15) is 0 Å². The van der Waals surface area contributed by atoms with Gasteiger partial charge < -0.3 is 9.78 Å². The van der Waals surface area contributed by atoms with E-state index in [0.717, 1.165) is 17.4 Å². The quantitative estimate of drug-likeness (QED) is 0.573. The molecule has 0 saturated heterocycles. The predicted octanol–water partition coefficient (Wildman–Crippen LogP) is 1.47. The third-order valence-electron chi connectivity index (χ3n) is 2.18. The van der Waals surface area contributed by atoms with E-state index in [0.29, 0.717) is 5.39 Å². The average molecular weight is 211 g/mol. The number of rotatable bonds is 1. The van der Waals surface area contributed by atoms with Gasteiger partial charge >= 0.3 is 0 Å². The fraction of sp³-hybridized carbons (Fsp3) is 0.0769. The van der Waals surface area contributed by atoms with Crippen LogP contribution in [-0.4, -0.2) is 11.3 Å². The van der Waals surface area contributed by atoms with Crippen LogP contribution in [0.2, 0.25) is 0 Å². The van der Waals surface area contributed by atoms with E-state index in [1.165, 1.54) is 6.07 Å². The Morgan fingerprint density at radius 3 is 3.00 bits per heavy atom. The fourth-order valence-electron chi connectivity index (χ4n) is 1.44. The summed E-state index contributed by atoms with van der Waals surface area (Å²) >= 11 is 0. The fourth-order valence-corrected chi connectivity index (χ4v) is 1.44. The lowest BCUT2D eigenvalue weighted by molar-refractivity contribution is -0.107. The molecule has 1 heterocycles. The Balaban J connectivity index is 2.52. The Labute approximate surface area is 92.1 Å². The summed E-state index contributed by atoms with van der Waals surface area (Å²) in [6, 6.07) is 6.83. The van der Waals surface area contributed by atoms with Crippen LogP contribution in [0.3, 0.4) is 0 Å².